The van der Waals surface area contributed by atoms with E-state index in [0.717, 1.165) is 25.7 Å². The molecule has 0 aliphatic heterocycles. The lowest BCUT2D eigenvalue weighted by Gasteiger charge is -2.30. The molecule has 0 aliphatic carbocycles. The van der Waals surface area contributed by atoms with Crippen LogP contribution in [0, 0.1) is 5.92 Å². The third-order valence-electron chi connectivity index (χ3n) is 2.92. The maximum absolute atomic E-state index is 11.3. The van der Waals surface area contributed by atoms with Crippen LogP contribution in [-0.4, -0.2) is 27.0 Å². The van der Waals surface area contributed by atoms with Crippen LogP contribution in [0.3, 0.4) is 0 Å². The summed E-state index contributed by atoms with van der Waals surface area (Å²) in [5.74, 6) is 0.384. The maximum atomic E-state index is 11.3. The average molecular weight is 251 g/mol. The molecule has 5 heteroatoms. The predicted octanol–water partition coefficient (Wildman–Crippen LogP) is 3.01. The molecular formula is C11H26NO3P. The summed E-state index contributed by atoms with van der Waals surface area (Å²) in [7, 11) is -4.10. The molecule has 1 atom stereocenters. The van der Waals surface area contributed by atoms with Gasteiger partial charge in [0.1, 0.15) is 0 Å². The molecule has 0 aromatic heterocycles. The van der Waals surface area contributed by atoms with E-state index in [1.165, 1.54) is 4.67 Å². The van der Waals surface area contributed by atoms with Crippen LogP contribution in [-0.2, 0) is 4.57 Å². The lowest BCUT2D eigenvalue weighted by atomic mass is 9.99. The summed E-state index contributed by atoms with van der Waals surface area (Å²) in [6.45, 7) is 8.37. The molecule has 2 N–H and O–H groups in total. The first-order chi connectivity index (χ1) is 7.32. The Morgan fingerprint density at radius 3 is 2.12 bits per heavy atom. The monoisotopic (exact) mass is 251 g/mol. The largest absolute Gasteiger partial charge is 0.403 e. The number of unbranched alkanes of at least 4 members (excludes halogenated alkanes) is 1. The Hall–Kier alpha value is 0.110. The predicted molar refractivity (Wildman–Crippen MR) is 67.2 cm³/mol. The number of hydrogen-bond donors (Lipinski definition) is 2. The summed E-state index contributed by atoms with van der Waals surface area (Å²) < 4.78 is 12.6. The first kappa shape index (κ1) is 16.1. The van der Waals surface area contributed by atoms with Crippen molar-refractivity contribution >= 4 is 7.75 Å². The van der Waals surface area contributed by atoms with Gasteiger partial charge in [0.15, 0.2) is 0 Å². The Morgan fingerprint density at radius 2 is 1.81 bits per heavy atom. The molecule has 0 bridgehead atoms. The van der Waals surface area contributed by atoms with Gasteiger partial charge in [0.2, 0.25) is 0 Å². The molecule has 98 valence electrons. The first-order valence-electron chi connectivity index (χ1n) is 6.15. The Balaban J connectivity index is 4.42. The lowest BCUT2D eigenvalue weighted by Crippen LogP contribution is -2.32. The standard InChI is InChI=1S/C11H26NO3P/c1-5-7-8-11(6-2)9-12(10(3)4)16(13,14)15/h10-11H,5-9H2,1-4H3,(H2,13,14,15). The zero-order valence-corrected chi connectivity index (χ0v) is 11.8. The van der Waals surface area contributed by atoms with Crippen LogP contribution >= 0.6 is 7.75 Å². The van der Waals surface area contributed by atoms with Crippen LogP contribution in [0.5, 0.6) is 0 Å². The molecule has 0 aromatic carbocycles. The molecule has 0 aromatic rings. The minimum absolute atomic E-state index is 0.114. The van der Waals surface area contributed by atoms with Crippen molar-refractivity contribution in [1.29, 1.82) is 0 Å². The van der Waals surface area contributed by atoms with Crippen molar-refractivity contribution in [3.63, 3.8) is 0 Å². The zero-order chi connectivity index (χ0) is 12.8. The van der Waals surface area contributed by atoms with Crippen LogP contribution in [0.15, 0.2) is 0 Å². The van der Waals surface area contributed by atoms with E-state index in [2.05, 4.69) is 13.8 Å². The van der Waals surface area contributed by atoms with Crippen LogP contribution in [0.2, 0.25) is 0 Å². The van der Waals surface area contributed by atoms with Gasteiger partial charge in [0.25, 0.3) is 0 Å². The quantitative estimate of drug-likeness (QED) is 0.651. The van der Waals surface area contributed by atoms with E-state index < -0.39 is 7.75 Å². The summed E-state index contributed by atoms with van der Waals surface area (Å²) in [4.78, 5) is 18.5. The Bertz CT molecular complexity index is 227. The van der Waals surface area contributed by atoms with Crippen LogP contribution in [0.25, 0.3) is 0 Å². The van der Waals surface area contributed by atoms with Crippen LogP contribution in [0.1, 0.15) is 53.4 Å². The molecule has 1 unspecified atom stereocenters. The van der Waals surface area contributed by atoms with Crippen molar-refractivity contribution in [1.82, 2.24) is 4.67 Å². The average Bonchev–Trinajstić information content (AvgIpc) is 2.15. The normalized spacial score (nSPS) is 14.8. The van der Waals surface area contributed by atoms with E-state index in [1.54, 1.807) is 0 Å². The highest BCUT2D eigenvalue weighted by atomic mass is 31.2. The molecule has 0 saturated carbocycles. The fourth-order valence-electron chi connectivity index (χ4n) is 1.80. The maximum Gasteiger partial charge on any atom is 0.403 e. The van der Waals surface area contributed by atoms with E-state index in [1.807, 2.05) is 13.8 Å². The highest BCUT2D eigenvalue weighted by Gasteiger charge is 2.29. The van der Waals surface area contributed by atoms with Gasteiger partial charge < -0.3 is 9.79 Å². The van der Waals surface area contributed by atoms with Gasteiger partial charge in [-0.25, -0.2) is 9.24 Å². The number of rotatable bonds is 8. The third kappa shape index (κ3) is 6.00. The Kier molecular flexibility index (Phi) is 7.49. The van der Waals surface area contributed by atoms with Crippen LogP contribution in [0.4, 0.5) is 0 Å². The SMILES string of the molecule is CCCCC(CC)CN(C(C)C)P(=O)(O)O. The van der Waals surface area contributed by atoms with Gasteiger partial charge in [-0.15, -0.1) is 0 Å². The fraction of sp³-hybridized carbons (Fsp3) is 1.00. The molecule has 0 rings (SSSR count). The molecule has 0 fully saturated rings. The van der Waals surface area contributed by atoms with Gasteiger partial charge in [-0.05, 0) is 26.2 Å². The molecule has 0 amide bonds. The van der Waals surface area contributed by atoms with Crippen molar-refractivity contribution in [2.24, 2.45) is 5.92 Å². The van der Waals surface area contributed by atoms with E-state index in [9.17, 15) is 14.4 Å². The van der Waals surface area contributed by atoms with Crippen molar-refractivity contribution in [2.45, 2.75) is 59.4 Å². The molecule has 0 spiro atoms. The number of nitrogens with zero attached hydrogens (tertiary/aromatic N) is 1. The molecular weight excluding hydrogens is 225 g/mol. The summed E-state index contributed by atoms with van der Waals surface area (Å²) in [6, 6.07) is -0.114. The summed E-state index contributed by atoms with van der Waals surface area (Å²) in [6.07, 6.45) is 4.29. The summed E-state index contributed by atoms with van der Waals surface area (Å²) in [5.41, 5.74) is 0. The van der Waals surface area contributed by atoms with E-state index in [-0.39, 0.29) is 6.04 Å². The molecule has 4 nitrogen and oxygen atoms in total. The Labute approximate surface area is 99.3 Å². The van der Waals surface area contributed by atoms with Crippen molar-refractivity contribution in [3.8, 4) is 0 Å². The molecule has 0 aliphatic rings. The van der Waals surface area contributed by atoms with Gasteiger partial charge in [0, 0.05) is 12.6 Å². The topological polar surface area (TPSA) is 60.8 Å². The van der Waals surface area contributed by atoms with E-state index in [4.69, 9.17) is 0 Å². The van der Waals surface area contributed by atoms with Crippen LogP contribution < -0.4 is 0 Å². The van der Waals surface area contributed by atoms with Crippen molar-refractivity contribution < 1.29 is 14.4 Å². The van der Waals surface area contributed by atoms with Gasteiger partial charge in [-0.2, -0.15) is 0 Å². The molecule has 0 radical (unpaired) electrons. The second kappa shape index (κ2) is 7.44. The second-order valence-corrected chi connectivity index (χ2v) is 6.19. The minimum Gasteiger partial charge on any atom is -0.312 e. The van der Waals surface area contributed by atoms with E-state index in [0.29, 0.717) is 12.5 Å². The lowest BCUT2D eigenvalue weighted by molar-refractivity contribution is 0.211. The van der Waals surface area contributed by atoms with Crippen molar-refractivity contribution in [3.05, 3.63) is 0 Å². The van der Waals surface area contributed by atoms with Gasteiger partial charge in [-0.1, -0.05) is 33.1 Å². The summed E-state index contributed by atoms with van der Waals surface area (Å²) in [5, 5.41) is 0. The summed E-state index contributed by atoms with van der Waals surface area (Å²) >= 11 is 0. The molecule has 0 saturated heterocycles. The highest BCUT2D eigenvalue weighted by molar-refractivity contribution is 7.49. The third-order valence-corrected chi connectivity index (χ3v) is 4.21. The van der Waals surface area contributed by atoms with Gasteiger partial charge in [-0.3, -0.25) is 0 Å². The fourth-order valence-corrected chi connectivity index (χ4v) is 2.85. The second-order valence-electron chi connectivity index (χ2n) is 4.65. The van der Waals surface area contributed by atoms with Gasteiger partial charge >= 0.3 is 7.75 Å². The first-order valence-corrected chi connectivity index (χ1v) is 7.72. The van der Waals surface area contributed by atoms with Crippen molar-refractivity contribution in [2.75, 3.05) is 6.54 Å². The van der Waals surface area contributed by atoms with Gasteiger partial charge in [0.05, 0.1) is 0 Å². The molecule has 0 heterocycles. The van der Waals surface area contributed by atoms with E-state index >= 15 is 0 Å². The smallest absolute Gasteiger partial charge is 0.312 e. The zero-order valence-electron chi connectivity index (χ0n) is 10.9. The number of hydrogen-bond acceptors (Lipinski definition) is 1. The molecule has 16 heavy (non-hydrogen) atoms. The Morgan fingerprint density at radius 1 is 1.25 bits per heavy atom. The highest BCUT2D eigenvalue weighted by Crippen LogP contribution is 2.42. The minimum atomic E-state index is -4.10.